The Morgan fingerprint density at radius 3 is 1.86 bits per heavy atom. The molecule has 0 atom stereocenters. The Morgan fingerprint density at radius 1 is 0.905 bits per heavy atom. The van der Waals surface area contributed by atoms with Gasteiger partial charge < -0.3 is 9.84 Å². The van der Waals surface area contributed by atoms with Gasteiger partial charge in [0.05, 0.1) is 0 Å². The Balaban J connectivity index is 0.000000219. The highest BCUT2D eigenvalue weighted by molar-refractivity contribution is 9.10. The predicted octanol–water partition coefficient (Wildman–Crippen LogP) is 5.48. The van der Waals surface area contributed by atoms with Crippen molar-refractivity contribution in [1.82, 2.24) is 0 Å². The van der Waals surface area contributed by atoms with Gasteiger partial charge in [0, 0.05) is 8.95 Å². The first kappa shape index (κ1) is 17.8. The smallest absolute Gasteiger partial charge is 0.387 e. The number of alkyl halides is 2. The van der Waals surface area contributed by atoms with E-state index in [1.165, 1.54) is 18.2 Å². The number of aromatic hydroxyl groups is 1. The van der Waals surface area contributed by atoms with Crippen LogP contribution in [0, 0.1) is 11.6 Å². The summed E-state index contributed by atoms with van der Waals surface area (Å²) in [6, 6.07) is 7.66. The first-order valence-corrected chi connectivity index (χ1v) is 6.92. The van der Waals surface area contributed by atoms with Crippen molar-refractivity contribution in [2.75, 3.05) is 0 Å². The molecular formula is C13H8Br2F4O2. The molecule has 0 spiro atoms. The van der Waals surface area contributed by atoms with E-state index in [9.17, 15) is 17.6 Å². The van der Waals surface area contributed by atoms with Crippen LogP contribution in [0.5, 0.6) is 11.5 Å². The summed E-state index contributed by atoms with van der Waals surface area (Å²) in [7, 11) is 0. The second-order valence-electron chi connectivity index (χ2n) is 3.55. The molecule has 8 heteroatoms. The molecule has 2 aromatic carbocycles. The average Bonchev–Trinajstić information content (AvgIpc) is 2.38. The molecular weight excluding hydrogens is 424 g/mol. The normalized spacial score (nSPS) is 10.0. The molecule has 0 fully saturated rings. The molecule has 0 unspecified atom stereocenters. The summed E-state index contributed by atoms with van der Waals surface area (Å²) in [5.41, 5.74) is 0. The number of phenols is 1. The second kappa shape index (κ2) is 8.23. The van der Waals surface area contributed by atoms with Crippen LogP contribution in [0.1, 0.15) is 0 Å². The highest BCUT2D eigenvalue weighted by Crippen LogP contribution is 2.22. The maximum Gasteiger partial charge on any atom is 0.387 e. The van der Waals surface area contributed by atoms with Gasteiger partial charge in [-0.3, -0.25) is 0 Å². The highest BCUT2D eigenvalue weighted by atomic mass is 79.9. The van der Waals surface area contributed by atoms with Gasteiger partial charge >= 0.3 is 6.61 Å². The lowest BCUT2D eigenvalue weighted by Crippen LogP contribution is -2.03. The van der Waals surface area contributed by atoms with Crippen LogP contribution >= 0.6 is 31.9 Å². The SMILES string of the molecule is Fc1cc(Br)ccc1OC(F)F.Oc1ccc(Br)cc1F. The van der Waals surface area contributed by atoms with Crippen LogP contribution in [0.4, 0.5) is 17.6 Å². The van der Waals surface area contributed by atoms with Crippen molar-refractivity contribution in [3.8, 4) is 11.5 Å². The van der Waals surface area contributed by atoms with E-state index in [4.69, 9.17) is 5.11 Å². The van der Waals surface area contributed by atoms with Crippen LogP contribution in [0.15, 0.2) is 45.3 Å². The number of benzene rings is 2. The van der Waals surface area contributed by atoms with Gasteiger partial charge in [0.1, 0.15) is 0 Å². The summed E-state index contributed by atoms with van der Waals surface area (Å²) in [6.45, 7) is -3.00. The van der Waals surface area contributed by atoms with Crippen molar-refractivity contribution in [3.63, 3.8) is 0 Å². The van der Waals surface area contributed by atoms with Gasteiger partial charge in [-0.2, -0.15) is 8.78 Å². The number of phenolic OH excluding ortho intramolecular Hbond substituents is 1. The van der Waals surface area contributed by atoms with Gasteiger partial charge in [0.25, 0.3) is 0 Å². The van der Waals surface area contributed by atoms with Crippen molar-refractivity contribution in [2.24, 2.45) is 0 Å². The first-order chi connectivity index (χ1) is 9.79. The molecule has 114 valence electrons. The van der Waals surface area contributed by atoms with E-state index in [2.05, 4.69) is 36.6 Å². The van der Waals surface area contributed by atoms with Gasteiger partial charge in [-0.15, -0.1) is 0 Å². The average molecular weight is 432 g/mol. The number of halogens is 6. The topological polar surface area (TPSA) is 29.5 Å². The minimum Gasteiger partial charge on any atom is -0.505 e. The van der Waals surface area contributed by atoms with Crippen molar-refractivity contribution in [3.05, 3.63) is 57.0 Å². The van der Waals surface area contributed by atoms with Gasteiger partial charge in [0.15, 0.2) is 23.1 Å². The predicted molar refractivity (Wildman–Crippen MR) is 76.5 cm³/mol. The lowest BCUT2D eigenvalue weighted by molar-refractivity contribution is -0.0522. The molecule has 0 aliphatic heterocycles. The first-order valence-electron chi connectivity index (χ1n) is 5.33. The van der Waals surface area contributed by atoms with Crippen molar-refractivity contribution in [2.45, 2.75) is 6.61 Å². The Labute approximate surface area is 134 Å². The molecule has 0 aliphatic carbocycles. The fraction of sp³-hybridized carbons (Fsp3) is 0.0769. The van der Waals surface area contributed by atoms with Gasteiger partial charge in [-0.25, -0.2) is 8.78 Å². The summed E-state index contributed by atoms with van der Waals surface area (Å²) < 4.78 is 53.2. The molecule has 0 aliphatic rings. The van der Waals surface area contributed by atoms with Crippen molar-refractivity contribution < 1.29 is 27.4 Å². The van der Waals surface area contributed by atoms with Gasteiger partial charge in [-0.05, 0) is 36.4 Å². The van der Waals surface area contributed by atoms with E-state index < -0.39 is 24.0 Å². The summed E-state index contributed by atoms with van der Waals surface area (Å²) in [6.07, 6.45) is 0. The monoisotopic (exact) mass is 430 g/mol. The molecule has 0 bridgehead atoms. The van der Waals surface area contributed by atoms with Crippen LogP contribution in [0.3, 0.4) is 0 Å². The maximum absolute atomic E-state index is 12.7. The van der Waals surface area contributed by atoms with Crippen LogP contribution in [-0.2, 0) is 0 Å². The fourth-order valence-electron chi connectivity index (χ4n) is 1.15. The zero-order valence-corrected chi connectivity index (χ0v) is 13.3. The third kappa shape index (κ3) is 6.34. The van der Waals surface area contributed by atoms with Crippen molar-refractivity contribution >= 4 is 31.9 Å². The molecule has 0 heterocycles. The van der Waals surface area contributed by atoms with E-state index in [1.807, 2.05) is 0 Å². The number of rotatable bonds is 2. The molecule has 0 aromatic heterocycles. The number of hydrogen-bond donors (Lipinski definition) is 1. The van der Waals surface area contributed by atoms with Crippen molar-refractivity contribution in [1.29, 1.82) is 0 Å². The molecule has 0 saturated heterocycles. The van der Waals surface area contributed by atoms with Crippen LogP contribution in [0.25, 0.3) is 0 Å². The lowest BCUT2D eigenvalue weighted by atomic mass is 10.3. The molecule has 1 N–H and O–H groups in total. The molecule has 2 aromatic rings. The van der Waals surface area contributed by atoms with Crippen LogP contribution < -0.4 is 4.74 Å². The quantitative estimate of drug-likeness (QED) is 0.637. The maximum atomic E-state index is 12.7. The molecule has 0 saturated carbocycles. The third-order valence-corrected chi connectivity index (χ3v) is 3.01. The van der Waals surface area contributed by atoms with Crippen LogP contribution in [0.2, 0.25) is 0 Å². The van der Waals surface area contributed by atoms with E-state index >= 15 is 0 Å². The Bertz CT molecular complexity index is 609. The Hall–Kier alpha value is -1.28. The molecule has 21 heavy (non-hydrogen) atoms. The Kier molecular flexibility index (Phi) is 6.97. The molecule has 0 radical (unpaired) electrons. The fourth-order valence-corrected chi connectivity index (χ4v) is 1.81. The second-order valence-corrected chi connectivity index (χ2v) is 5.38. The van der Waals surface area contributed by atoms with E-state index in [-0.39, 0.29) is 5.75 Å². The Morgan fingerprint density at radius 2 is 1.43 bits per heavy atom. The molecule has 2 rings (SSSR count). The standard InChI is InChI=1S/C7H4BrF3O.C6H4BrFO/c8-4-1-2-6(5(9)3-4)12-7(10)11;7-4-1-2-6(9)5(8)3-4/h1-3,7H;1-3,9H. The van der Waals surface area contributed by atoms with E-state index in [0.29, 0.717) is 8.95 Å². The number of ether oxygens (including phenoxy) is 1. The van der Waals surface area contributed by atoms with Gasteiger partial charge in [-0.1, -0.05) is 31.9 Å². The molecule has 0 amide bonds. The summed E-state index contributed by atoms with van der Waals surface area (Å²) in [5, 5.41) is 8.65. The molecule has 2 nitrogen and oxygen atoms in total. The summed E-state index contributed by atoms with van der Waals surface area (Å²) in [4.78, 5) is 0. The van der Waals surface area contributed by atoms with Gasteiger partial charge in [0.2, 0.25) is 0 Å². The third-order valence-electron chi connectivity index (χ3n) is 2.02. The van der Waals surface area contributed by atoms with E-state index in [1.54, 1.807) is 6.07 Å². The largest absolute Gasteiger partial charge is 0.505 e. The minimum atomic E-state index is -3.00. The zero-order chi connectivity index (χ0) is 16.0. The lowest BCUT2D eigenvalue weighted by Gasteiger charge is -2.04. The minimum absolute atomic E-state index is 0.321. The zero-order valence-electron chi connectivity index (χ0n) is 10.2. The van der Waals surface area contributed by atoms with E-state index in [0.717, 1.165) is 12.1 Å². The van der Waals surface area contributed by atoms with Crippen LogP contribution in [-0.4, -0.2) is 11.7 Å². The summed E-state index contributed by atoms with van der Waals surface area (Å²) in [5.74, 6) is -2.19. The number of hydrogen-bond acceptors (Lipinski definition) is 2. The summed E-state index contributed by atoms with van der Waals surface area (Å²) >= 11 is 6.02. The highest BCUT2D eigenvalue weighted by Gasteiger charge is 2.09.